The van der Waals surface area contributed by atoms with E-state index in [0.717, 1.165) is 27.3 Å². The van der Waals surface area contributed by atoms with Crippen molar-refractivity contribution in [3.63, 3.8) is 0 Å². The lowest BCUT2D eigenvalue weighted by Gasteiger charge is -2.20. The normalized spacial score (nSPS) is 11.8. The maximum Gasteiger partial charge on any atom is 0.240 e. The standard InChI is InChI=1S/C20H22N4OS2/c1-4-15-10-8-9-13-17(15)21-19-22-23-20(27-19)26-14(2)18(25)24(3)16-11-6-5-7-12-16/h5-14H,4H2,1-3H3,(H,21,22)/t14-/m1/s1. The molecule has 0 fully saturated rings. The van der Waals surface area contributed by atoms with Crippen LogP contribution in [0.1, 0.15) is 19.4 Å². The van der Waals surface area contributed by atoms with E-state index < -0.39 is 0 Å². The fraction of sp³-hybridized carbons (Fsp3) is 0.250. The van der Waals surface area contributed by atoms with Crippen molar-refractivity contribution in [2.24, 2.45) is 0 Å². The minimum absolute atomic E-state index is 0.0345. The van der Waals surface area contributed by atoms with E-state index in [0.29, 0.717) is 0 Å². The number of para-hydroxylation sites is 2. The lowest BCUT2D eigenvalue weighted by molar-refractivity contribution is -0.117. The molecule has 0 bridgehead atoms. The quantitative estimate of drug-likeness (QED) is 0.568. The van der Waals surface area contributed by atoms with Gasteiger partial charge in [-0.1, -0.05) is 66.4 Å². The highest BCUT2D eigenvalue weighted by Gasteiger charge is 2.21. The van der Waals surface area contributed by atoms with E-state index in [2.05, 4.69) is 28.5 Å². The van der Waals surface area contributed by atoms with Gasteiger partial charge in [-0.25, -0.2) is 0 Å². The lowest BCUT2D eigenvalue weighted by Crippen LogP contribution is -2.33. The summed E-state index contributed by atoms with van der Waals surface area (Å²) in [6.45, 7) is 4.02. The van der Waals surface area contributed by atoms with Crippen LogP contribution in [0.2, 0.25) is 0 Å². The molecular weight excluding hydrogens is 376 g/mol. The Morgan fingerprint density at radius 2 is 1.85 bits per heavy atom. The average molecular weight is 399 g/mol. The number of anilines is 3. The molecule has 1 aromatic heterocycles. The zero-order chi connectivity index (χ0) is 19.2. The summed E-state index contributed by atoms with van der Waals surface area (Å²) in [5, 5.41) is 12.2. The van der Waals surface area contributed by atoms with Crippen LogP contribution >= 0.6 is 23.1 Å². The third-order valence-electron chi connectivity index (χ3n) is 4.15. The van der Waals surface area contributed by atoms with Crippen molar-refractivity contribution in [1.82, 2.24) is 10.2 Å². The number of nitrogens with one attached hydrogen (secondary N) is 1. The first-order valence-electron chi connectivity index (χ1n) is 8.76. The van der Waals surface area contributed by atoms with Crippen molar-refractivity contribution in [3.05, 3.63) is 60.2 Å². The van der Waals surface area contributed by atoms with Gasteiger partial charge < -0.3 is 10.2 Å². The van der Waals surface area contributed by atoms with Gasteiger partial charge in [-0.15, -0.1) is 10.2 Å². The molecule has 1 N–H and O–H groups in total. The summed E-state index contributed by atoms with van der Waals surface area (Å²) >= 11 is 2.89. The summed E-state index contributed by atoms with van der Waals surface area (Å²) in [7, 11) is 1.80. The third-order valence-corrected chi connectivity index (χ3v) is 6.16. The zero-order valence-corrected chi connectivity index (χ0v) is 17.2. The minimum atomic E-state index is -0.251. The first kappa shape index (κ1) is 19.4. The fourth-order valence-electron chi connectivity index (χ4n) is 2.63. The Bertz CT molecular complexity index is 898. The summed E-state index contributed by atoms with van der Waals surface area (Å²) in [6.07, 6.45) is 0.945. The van der Waals surface area contributed by atoms with Crippen molar-refractivity contribution < 1.29 is 4.79 Å². The Kier molecular flexibility index (Phi) is 6.47. The largest absolute Gasteiger partial charge is 0.330 e. The molecule has 0 saturated heterocycles. The van der Waals surface area contributed by atoms with E-state index in [1.165, 1.54) is 28.7 Å². The van der Waals surface area contributed by atoms with E-state index in [9.17, 15) is 4.79 Å². The second-order valence-electron chi connectivity index (χ2n) is 6.00. The van der Waals surface area contributed by atoms with Crippen molar-refractivity contribution in [2.75, 3.05) is 17.3 Å². The predicted molar refractivity (Wildman–Crippen MR) is 114 cm³/mol. The second kappa shape index (κ2) is 9.01. The van der Waals surface area contributed by atoms with Crippen LogP contribution in [0.3, 0.4) is 0 Å². The molecule has 0 unspecified atom stereocenters. The van der Waals surface area contributed by atoms with Crippen LogP contribution in [-0.4, -0.2) is 28.4 Å². The van der Waals surface area contributed by atoms with Crippen LogP contribution in [0.25, 0.3) is 0 Å². The monoisotopic (exact) mass is 398 g/mol. The molecule has 1 amide bonds. The van der Waals surface area contributed by atoms with Gasteiger partial charge in [-0.05, 0) is 37.1 Å². The Morgan fingerprint density at radius 1 is 1.15 bits per heavy atom. The number of hydrogen-bond donors (Lipinski definition) is 1. The molecule has 1 atom stereocenters. The summed E-state index contributed by atoms with van der Waals surface area (Å²) in [4.78, 5) is 14.4. The van der Waals surface area contributed by atoms with Crippen molar-refractivity contribution >= 4 is 45.5 Å². The average Bonchev–Trinajstić information content (AvgIpc) is 3.14. The molecule has 3 aromatic rings. The van der Waals surface area contributed by atoms with Crippen LogP contribution in [0.15, 0.2) is 58.9 Å². The highest BCUT2D eigenvalue weighted by Crippen LogP contribution is 2.32. The molecular formula is C20H22N4OS2. The highest BCUT2D eigenvalue weighted by atomic mass is 32.2. The van der Waals surface area contributed by atoms with Gasteiger partial charge in [0.25, 0.3) is 0 Å². The topological polar surface area (TPSA) is 58.1 Å². The number of aryl methyl sites for hydroxylation is 1. The van der Waals surface area contributed by atoms with Gasteiger partial charge in [0.1, 0.15) is 0 Å². The Labute approximate surface area is 167 Å². The number of hydrogen-bond acceptors (Lipinski definition) is 6. The molecule has 7 heteroatoms. The van der Waals surface area contributed by atoms with Crippen LogP contribution < -0.4 is 10.2 Å². The van der Waals surface area contributed by atoms with Gasteiger partial charge in [-0.3, -0.25) is 4.79 Å². The summed E-state index contributed by atoms with van der Waals surface area (Å²) in [5.74, 6) is 0.0345. The van der Waals surface area contributed by atoms with Gasteiger partial charge >= 0.3 is 0 Å². The maximum atomic E-state index is 12.7. The molecule has 0 aliphatic heterocycles. The Hall–Kier alpha value is -2.38. The summed E-state index contributed by atoms with van der Waals surface area (Å²) in [5.41, 5.74) is 3.15. The Morgan fingerprint density at radius 3 is 2.59 bits per heavy atom. The Balaban J connectivity index is 1.64. The van der Waals surface area contributed by atoms with Crippen LogP contribution in [0.5, 0.6) is 0 Å². The molecule has 0 aliphatic rings. The van der Waals surface area contributed by atoms with Gasteiger partial charge in [0, 0.05) is 18.4 Å². The number of aromatic nitrogens is 2. The van der Waals surface area contributed by atoms with E-state index >= 15 is 0 Å². The van der Waals surface area contributed by atoms with Gasteiger partial charge in [0.05, 0.1) is 5.25 Å². The van der Waals surface area contributed by atoms with Crippen molar-refractivity contribution in [3.8, 4) is 0 Å². The number of nitrogens with zero attached hydrogens (tertiary/aromatic N) is 3. The van der Waals surface area contributed by atoms with Gasteiger partial charge in [-0.2, -0.15) is 0 Å². The molecule has 2 aromatic carbocycles. The van der Waals surface area contributed by atoms with Crippen LogP contribution in [0.4, 0.5) is 16.5 Å². The van der Waals surface area contributed by atoms with Crippen LogP contribution in [-0.2, 0) is 11.2 Å². The second-order valence-corrected chi connectivity index (χ2v) is 8.57. The van der Waals surface area contributed by atoms with Gasteiger partial charge in [0.15, 0.2) is 4.34 Å². The SMILES string of the molecule is CCc1ccccc1Nc1nnc(S[C@H](C)C(=O)N(C)c2ccccc2)s1. The number of benzene rings is 2. The molecule has 27 heavy (non-hydrogen) atoms. The number of rotatable bonds is 7. The molecule has 140 valence electrons. The van der Waals surface area contributed by atoms with E-state index in [1.54, 1.807) is 11.9 Å². The first-order chi connectivity index (χ1) is 13.1. The number of carbonyl (C=O) groups is 1. The number of amides is 1. The highest BCUT2D eigenvalue weighted by molar-refractivity contribution is 8.02. The first-order valence-corrected chi connectivity index (χ1v) is 10.5. The minimum Gasteiger partial charge on any atom is -0.330 e. The molecule has 0 spiro atoms. The molecule has 0 saturated carbocycles. The summed E-state index contributed by atoms with van der Waals surface area (Å²) in [6, 6.07) is 17.8. The van der Waals surface area contributed by atoms with E-state index in [-0.39, 0.29) is 11.2 Å². The van der Waals surface area contributed by atoms with Gasteiger partial charge in [0.2, 0.25) is 11.0 Å². The van der Waals surface area contributed by atoms with E-state index in [4.69, 9.17) is 0 Å². The van der Waals surface area contributed by atoms with Crippen molar-refractivity contribution in [1.29, 1.82) is 0 Å². The molecule has 3 rings (SSSR count). The molecule has 0 aliphatic carbocycles. The van der Waals surface area contributed by atoms with Crippen LogP contribution in [0, 0.1) is 0 Å². The fourth-order valence-corrected chi connectivity index (χ4v) is 4.63. The maximum absolute atomic E-state index is 12.7. The molecule has 5 nitrogen and oxygen atoms in total. The third kappa shape index (κ3) is 4.87. The summed E-state index contributed by atoms with van der Waals surface area (Å²) < 4.78 is 0.772. The molecule has 1 heterocycles. The van der Waals surface area contributed by atoms with E-state index in [1.807, 2.05) is 55.5 Å². The predicted octanol–water partition coefficient (Wildman–Crippen LogP) is 4.99. The molecule has 0 radical (unpaired) electrons. The zero-order valence-electron chi connectivity index (χ0n) is 15.5. The number of carbonyl (C=O) groups excluding carboxylic acids is 1. The lowest BCUT2D eigenvalue weighted by atomic mass is 10.1. The smallest absolute Gasteiger partial charge is 0.240 e. The number of thioether (sulfide) groups is 1. The van der Waals surface area contributed by atoms with Crippen molar-refractivity contribution in [2.45, 2.75) is 29.9 Å².